The molecule has 1 aliphatic carbocycles. The molecule has 0 saturated heterocycles. The van der Waals surface area contributed by atoms with Crippen molar-refractivity contribution in [3.8, 4) is 0 Å². The molecule has 4 heteroatoms. The fourth-order valence-corrected chi connectivity index (χ4v) is 1.54. The fraction of sp³-hybridized carbons (Fsp3) is 0.909. The van der Waals surface area contributed by atoms with Crippen molar-refractivity contribution in [2.45, 2.75) is 32.7 Å². The van der Waals surface area contributed by atoms with Gasteiger partial charge in [-0.2, -0.15) is 0 Å². The second-order valence-electron chi connectivity index (χ2n) is 4.61. The van der Waals surface area contributed by atoms with Gasteiger partial charge in [-0.05, 0) is 32.6 Å². The Morgan fingerprint density at radius 2 is 2.20 bits per heavy atom. The van der Waals surface area contributed by atoms with E-state index in [0.29, 0.717) is 25.7 Å². The zero-order valence-electron chi connectivity index (χ0n) is 9.83. The maximum Gasteiger partial charge on any atom is 0.234 e. The van der Waals surface area contributed by atoms with Crippen molar-refractivity contribution in [1.29, 1.82) is 0 Å². The highest BCUT2D eigenvalue weighted by molar-refractivity contribution is 5.78. The van der Waals surface area contributed by atoms with Crippen LogP contribution in [0.4, 0.5) is 0 Å². The van der Waals surface area contributed by atoms with Crippen LogP contribution in [0.3, 0.4) is 0 Å². The summed E-state index contributed by atoms with van der Waals surface area (Å²) in [6, 6.07) is 0.439. The molecule has 1 saturated carbocycles. The number of nitrogens with zero attached hydrogens (tertiary/aromatic N) is 1. The van der Waals surface area contributed by atoms with Crippen molar-refractivity contribution >= 4 is 5.91 Å². The average molecular weight is 213 g/mol. The third-order valence-electron chi connectivity index (χ3n) is 2.73. The summed E-state index contributed by atoms with van der Waals surface area (Å²) >= 11 is 0. The zero-order valence-corrected chi connectivity index (χ0v) is 9.83. The lowest BCUT2D eigenvalue weighted by atomic mass is 10.2. The van der Waals surface area contributed by atoms with Crippen molar-refractivity contribution < 1.29 is 4.79 Å². The summed E-state index contributed by atoms with van der Waals surface area (Å²) in [6.07, 6.45) is 2.65. The van der Waals surface area contributed by atoms with E-state index in [9.17, 15) is 4.79 Å². The maximum atomic E-state index is 11.5. The topological polar surface area (TPSA) is 58.4 Å². The van der Waals surface area contributed by atoms with Crippen molar-refractivity contribution in [2.24, 2.45) is 11.7 Å². The van der Waals surface area contributed by atoms with Crippen LogP contribution in [0, 0.1) is 5.92 Å². The van der Waals surface area contributed by atoms with Gasteiger partial charge in [0.15, 0.2) is 0 Å². The van der Waals surface area contributed by atoms with Gasteiger partial charge in [0.2, 0.25) is 5.91 Å². The number of carbonyl (C=O) groups excluding carboxylic acids is 1. The molecule has 0 heterocycles. The summed E-state index contributed by atoms with van der Waals surface area (Å²) in [5.41, 5.74) is 5.33. The molecular formula is C11H23N3O. The molecule has 0 aromatic heterocycles. The second-order valence-corrected chi connectivity index (χ2v) is 4.61. The molecule has 1 aliphatic rings. The molecule has 0 aliphatic heterocycles. The van der Waals surface area contributed by atoms with Crippen molar-refractivity contribution in [3.05, 3.63) is 0 Å². The van der Waals surface area contributed by atoms with Crippen molar-refractivity contribution in [1.82, 2.24) is 10.2 Å². The van der Waals surface area contributed by atoms with E-state index in [4.69, 9.17) is 5.73 Å². The summed E-state index contributed by atoms with van der Waals surface area (Å²) in [5, 5.41) is 2.81. The minimum absolute atomic E-state index is 0.0924. The van der Waals surface area contributed by atoms with Crippen LogP contribution < -0.4 is 11.1 Å². The molecule has 88 valence electrons. The Balaban J connectivity index is 2.25. The molecule has 0 aromatic rings. The van der Waals surface area contributed by atoms with Gasteiger partial charge in [0.25, 0.3) is 0 Å². The largest absolute Gasteiger partial charge is 0.354 e. The number of nitrogens with two attached hydrogens (primary N) is 1. The molecule has 0 aromatic carbocycles. The van der Waals surface area contributed by atoms with Crippen molar-refractivity contribution in [2.75, 3.05) is 26.2 Å². The number of carbonyl (C=O) groups is 1. The number of hydrogen-bond acceptors (Lipinski definition) is 3. The van der Waals surface area contributed by atoms with Crippen LogP contribution in [0.1, 0.15) is 26.7 Å². The monoisotopic (exact) mass is 213 g/mol. The van der Waals surface area contributed by atoms with E-state index in [-0.39, 0.29) is 5.91 Å². The first kappa shape index (κ1) is 12.5. The summed E-state index contributed by atoms with van der Waals surface area (Å²) in [4.78, 5) is 13.7. The highest BCUT2D eigenvalue weighted by Gasteiger charge is 2.26. The summed E-state index contributed by atoms with van der Waals surface area (Å²) in [7, 11) is 0. The molecule has 0 unspecified atom stereocenters. The number of amides is 1. The first-order chi connectivity index (χ1) is 7.13. The third-order valence-corrected chi connectivity index (χ3v) is 2.73. The number of rotatable bonds is 7. The Labute approximate surface area is 92.2 Å². The Morgan fingerprint density at radius 3 is 2.67 bits per heavy atom. The van der Waals surface area contributed by atoms with E-state index in [1.165, 1.54) is 12.8 Å². The second kappa shape index (κ2) is 6.08. The Morgan fingerprint density at radius 1 is 1.53 bits per heavy atom. The molecule has 4 nitrogen and oxygen atoms in total. The standard InChI is InChI=1S/C11H23N3O/c1-9(2)14(7-10-3-4-10)8-11(15)13-6-5-12/h9-10H,3-8,12H2,1-2H3,(H,13,15). The number of hydrogen-bond donors (Lipinski definition) is 2. The Bertz CT molecular complexity index is 202. The van der Waals surface area contributed by atoms with Crippen LogP contribution in [-0.2, 0) is 4.79 Å². The Kier molecular flexibility index (Phi) is 5.05. The van der Waals surface area contributed by atoms with E-state index in [1.54, 1.807) is 0 Å². The van der Waals surface area contributed by atoms with Gasteiger partial charge >= 0.3 is 0 Å². The molecule has 0 atom stereocenters. The van der Waals surface area contributed by atoms with Gasteiger partial charge in [-0.25, -0.2) is 0 Å². The smallest absolute Gasteiger partial charge is 0.234 e. The predicted molar refractivity (Wildman–Crippen MR) is 61.5 cm³/mol. The van der Waals surface area contributed by atoms with E-state index in [1.807, 2.05) is 0 Å². The zero-order chi connectivity index (χ0) is 11.3. The molecule has 15 heavy (non-hydrogen) atoms. The molecule has 0 bridgehead atoms. The Hall–Kier alpha value is -0.610. The minimum atomic E-state index is 0.0924. The molecule has 1 amide bonds. The van der Waals surface area contributed by atoms with Gasteiger partial charge in [-0.3, -0.25) is 9.69 Å². The average Bonchev–Trinajstić information content (AvgIpc) is 2.97. The van der Waals surface area contributed by atoms with Gasteiger partial charge in [0.1, 0.15) is 0 Å². The first-order valence-electron chi connectivity index (χ1n) is 5.84. The maximum absolute atomic E-state index is 11.5. The van der Waals surface area contributed by atoms with E-state index < -0.39 is 0 Å². The van der Waals surface area contributed by atoms with Crippen molar-refractivity contribution in [3.63, 3.8) is 0 Å². The summed E-state index contributed by atoms with van der Waals surface area (Å²) < 4.78 is 0. The quantitative estimate of drug-likeness (QED) is 0.634. The molecule has 1 fully saturated rings. The first-order valence-corrected chi connectivity index (χ1v) is 5.84. The lowest BCUT2D eigenvalue weighted by molar-refractivity contribution is -0.122. The minimum Gasteiger partial charge on any atom is -0.354 e. The fourth-order valence-electron chi connectivity index (χ4n) is 1.54. The highest BCUT2D eigenvalue weighted by atomic mass is 16.2. The number of nitrogens with one attached hydrogen (secondary N) is 1. The van der Waals surface area contributed by atoms with Crippen LogP contribution in [0.25, 0.3) is 0 Å². The lowest BCUT2D eigenvalue weighted by Gasteiger charge is -2.25. The van der Waals surface area contributed by atoms with Crippen LogP contribution >= 0.6 is 0 Å². The normalized spacial score (nSPS) is 16.1. The van der Waals surface area contributed by atoms with Gasteiger partial charge in [0.05, 0.1) is 6.54 Å². The predicted octanol–water partition coefficient (Wildman–Crippen LogP) is 0.182. The molecular weight excluding hydrogens is 190 g/mol. The van der Waals surface area contributed by atoms with Gasteiger partial charge in [0, 0.05) is 25.7 Å². The van der Waals surface area contributed by atoms with E-state index in [2.05, 4.69) is 24.1 Å². The molecule has 0 radical (unpaired) electrons. The summed E-state index contributed by atoms with van der Waals surface area (Å²) in [5.74, 6) is 0.921. The SMILES string of the molecule is CC(C)N(CC(=O)NCCN)CC1CC1. The van der Waals surface area contributed by atoms with Crippen LogP contribution in [-0.4, -0.2) is 43.0 Å². The highest BCUT2D eigenvalue weighted by Crippen LogP contribution is 2.30. The third kappa shape index (κ3) is 5.14. The van der Waals surface area contributed by atoms with Crippen LogP contribution in [0.2, 0.25) is 0 Å². The molecule has 1 rings (SSSR count). The molecule has 0 spiro atoms. The van der Waals surface area contributed by atoms with E-state index >= 15 is 0 Å². The summed E-state index contributed by atoms with van der Waals surface area (Å²) in [6.45, 7) is 6.93. The van der Waals surface area contributed by atoms with Crippen LogP contribution in [0.5, 0.6) is 0 Å². The molecule has 3 N–H and O–H groups in total. The van der Waals surface area contributed by atoms with Gasteiger partial charge < -0.3 is 11.1 Å². The van der Waals surface area contributed by atoms with Gasteiger partial charge in [-0.1, -0.05) is 0 Å². The lowest BCUT2D eigenvalue weighted by Crippen LogP contribution is -2.42. The van der Waals surface area contributed by atoms with Gasteiger partial charge in [-0.15, -0.1) is 0 Å². The van der Waals surface area contributed by atoms with Crippen LogP contribution in [0.15, 0.2) is 0 Å². The van der Waals surface area contributed by atoms with E-state index in [0.717, 1.165) is 12.5 Å².